The SMILES string of the molecule is CCCCCCCCCCCCCCCCCC([O-])=N[C@@H](CCC(=O)[O-])C(=O)O.[Cu+2]. The number of aliphatic carboxylic acids is 2. The van der Waals surface area contributed by atoms with Gasteiger partial charge in [-0.05, 0) is 31.6 Å². The molecule has 0 aromatic heterocycles. The number of hydrogen-bond acceptors (Lipinski definition) is 5. The molecule has 0 aromatic rings. The van der Waals surface area contributed by atoms with Gasteiger partial charge in [0.25, 0.3) is 0 Å². The predicted octanol–water partition coefficient (Wildman–Crippen LogP) is 3.99. The van der Waals surface area contributed by atoms with Crippen molar-refractivity contribution in [2.24, 2.45) is 4.99 Å². The van der Waals surface area contributed by atoms with Gasteiger partial charge in [-0.15, -0.1) is 0 Å². The summed E-state index contributed by atoms with van der Waals surface area (Å²) in [6.07, 6.45) is 18.3. The molecule has 0 unspecified atom stereocenters. The van der Waals surface area contributed by atoms with Crippen LogP contribution in [0.2, 0.25) is 0 Å². The summed E-state index contributed by atoms with van der Waals surface area (Å²) in [5.74, 6) is -3.05. The summed E-state index contributed by atoms with van der Waals surface area (Å²) in [6, 6.07) is -1.28. The van der Waals surface area contributed by atoms with Crippen LogP contribution < -0.4 is 10.2 Å². The van der Waals surface area contributed by atoms with Crippen LogP contribution in [-0.4, -0.2) is 29.0 Å². The van der Waals surface area contributed by atoms with Crippen molar-refractivity contribution >= 4 is 17.8 Å². The van der Waals surface area contributed by atoms with Crippen LogP contribution in [0.5, 0.6) is 0 Å². The van der Waals surface area contributed by atoms with E-state index in [4.69, 9.17) is 5.11 Å². The number of carbonyl (C=O) groups is 2. The van der Waals surface area contributed by atoms with E-state index in [0.717, 1.165) is 12.8 Å². The second-order valence-corrected chi connectivity index (χ2v) is 7.99. The van der Waals surface area contributed by atoms with Gasteiger partial charge in [0.2, 0.25) is 0 Å². The number of rotatable bonds is 21. The van der Waals surface area contributed by atoms with Crippen molar-refractivity contribution in [1.29, 1.82) is 0 Å². The van der Waals surface area contributed by atoms with E-state index in [1.807, 2.05) is 0 Å². The number of carboxylic acid groups (broad SMARTS) is 2. The molecule has 1 atom stereocenters. The minimum Gasteiger partial charge on any atom is -0.862 e. The van der Waals surface area contributed by atoms with Gasteiger partial charge in [0.05, 0.1) is 0 Å². The Labute approximate surface area is 193 Å². The topological polar surface area (TPSA) is 113 Å². The van der Waals surface area contributed by atoms with Gasteiger partial charge in [-0.1, -0.05) is 96.8 Å². The first-order valence-corrected chi connectivity index (χ1v) is 11.6. The summed E-state index contributed by atoms with van der Waals surface area (Å²) < 4.78 is 0. The van der Waals surface area contributed by atoms with E-state index in [-0.39, 0.29) is 29.9 Å². The van der Waals surface area contributed by atoms with Crippen molar-refractivity contribution < 1.29 is 42.0 Å². The fourth-order valence-electron chi connectivity index (χ4n) is 3.38. The zero-order valence-corrected chi connectivity index (χ0v) is 19.6. The maximum atomic E-state index is 11.7. The fourth-order valence-corrected chi connectivity index (χ4v) is 3.38. The first-order chi connectivity index (χ1) is 14.0. The molecule has 0 aliphatic rings. The normalized spacial score (nSPS) is 12.4. The first-order valence-electron chi connectivity index (χ1n) is 11.6. The van der Waals surface area contributed by atoms with E-state index in [1.165, 1.54) is 77.0 Å². The molecule has 0 aliphatic heterocycles. The molecule has 0 bridgehead atoms. The number of aliphatic imine (C=N–C) groups is 1. The van der Waals surface area contributed by atoms with E-state index in [0.29, 0.717) is 6.42 Å². The van der Waals surface area contributed by atoms with Gasteiger partial charge >= 0.3 is 23.0 Å². The summed E-state index contributed by atoms with van der Waals surface area (Å²) in [5, 5.41) is 31.1. The third-order valence-electron chi connectivity index (χ3n) is 5.20. The molecule has 1 N–H and O–H groups in total. The van der Waals surface area contributed by atoms with E-state index in [1.54, 1.807) is 0 Å². The molecule has 30 heavy (non-hydrogen) atoms. The molecule has 7 heteroatoms. The number of carbonyl (C=O) groups excluding carboxylic acids is 1. The van der Waals surface area contributed by atoms with Gasteiger partial charge in [0.1, 0.15) is 6.04 Å². The minimum absolute atomic E-state index is 0. The van der Waals surface area contributed by atoms with Crippen LogP contribution in [0.1, 0.15) is 122 Å². The Hall–Kier alpha value is -1.07. The molecule has 6 nitrogen and oxygen atoms in total. The van der Waals surface area contributed by atoms with E-state index >= 15 is 0 Å². The van der Waals surface area contributed by atoms with Crippen LogP contribution in [-0.2, 0) is 26.7 Å². The van der Waals surface area contributed by atoms with Crippen molar-refractivity contribution in [3.05, 3.63) is 0 Å². The minimum atomic E-state index is -1.33. The average molecular weight is 475 g/mol. The molecule has 0 amide bonds. The van der Waals surface area contributed by atoms with E-state index in [9.17, 15) is 19.8 Å². The van der Waals surface area contributed by atoms with Crippen molar-refractivity contribution in [1.82, 2.24) is 0 Å². The van der Waals surface area contributed by atoms with Crippen molar-refractivity contribution in [2.75, 3.05) is 0 Å². The monoisotopic (exact) mass is 474 g/mol. The fraction of sp³-hybridized carbons (Fsp3) is 0.870. The largest absolute Gasteiger partial charge is 2.00 e. The number of hydrogen-bond donors (Lipinski definition) is 1. The molecule has 0 aromatic carbocycles. The second-order valence-electron chi connectivity index (χ2n) is 7.99. The summed E-state index contributed by atoms with van der Waals surface area (Å²) in [6.45, 7) is 2.25. The van der Waals surface area contributed by atoms with Gasteiger partial charge in [-0.3, -0.25) is 4.99 Å². The van der Waals surface area contributed by atoms with Crippen molar-refractivity contribution in [3.8, 4) is 0 Å². The van der Waals surface area contributed by atoms with Crippen LogP contribution >= 0.6 is 0 Å². The Balaban J connectivity index is 0. The first kappa shape index (κ1) is 31.1. The molecular weight excluding hydrogens is 434 g/mol. The van der Waals surface area contributed by atoms with Crippen LogP contribution in [0.4, 0.5) is 0 Å². The third kappa shape index (κ3) is 21.6. The quantitative estimate of drug-likeness (QED) is 0.117. The molecule has 0 aliphatic carbocycles. The zero-order valence-electron chi connectivity index (χ0n) is 18.6. The number of carboxylic acids is 2. The number of nitrogens with zero attached hydrogens (tertiary/aromatic N) is 1. The molecule has 0 fully saturated rings. The zero-order chi connectivity index (χ0) is 21.7. The average Bonchev–Trinajstić information content (AvgIpc) is 2.67. The van der Waals surface area contributed by atoms with Gasteiger partial charge in [-0.2, -0.15) is 0 Å². The van der Waals surface area contributed by atoms with Gasteiger partial charge in [0, 0.05) is 5.97 Å². The predicted molar refractivity (Wildman–Crippen MR) is 113 cm³/mol. The van der Waals surface area contributed by atoms with Gasteiger partial charge < -0.3 is 20.1 Å². The van der Waals surface area contributed by atoms with Crippen LogP contribution in [0.15, 0.2) is 4.99 Å². The van der Waals surface area contributed by atoms with Crippen LogP contribution in [0.3, 0.4) is 0 Å². The Morgan fingerprint density at radius 2 is 1.13 bits per heavy atom. The number of unbranched alkanes of at least 4 members (excludes halogenated alkanes) is 14. The maximum absolute atomic E-state index is 11.7. The molecule has 0 saturated heterocycles. The van der Waals surface area contributed by atoms with Gasteiger partial charge in [0.15, 0.2) is 0 Å². The summed E-state index contributed by atoms with van der Waals surface area (Å²) >= 11 is 0. The standard InChI is InChI=1S/C23H43NO5.Cu/c1-2-3-4-5-6-7-8-9-10-11-12-13-14-15-16-17-21(25)24-20(23(28)29)18-19-22(26)27;/h20H,2-19H2,1H3,(H,24,25)(H,26,27)(H,28,29);/q;+2/p-2/t20-;/m0./s1. The van der Waals surface area contributed by atoms with Gasteiger partial charge in [-0.25, -0.2) is 4.79 Å². The third-order valence-corrected chi connectivity index (χ3v) is 5.20. The molecule has 0 spiro atoms. The van der Waals surface area contributed by atoms with Crippen molar-refractivity contribution in [2.45, 2.75) is 129 Å². The second kappa shape index (κ2) is 22.6. The van der Waals surface area contributed by atoms with E-state index in [2.05, 4.69) is 11.9 Å². The summed E-state index contributed by atoms with van der Waals surface area (Å²) in [5.41, 5.74) is 0. The summed E-state index contributed by atoms with van der Waals surface area (Å²) in [4.78, 5) is 25.0. The van der Waals surface area contributed by atoms with E-state index < -0.39 is 30.3 Å². The maximum Gasteiger partial charge on any atom is 2.00 e. The smallest absolute Gasteiger partial charge is 0.862 e. The molecule has 179 valence electrons. The van der Waals surface area contributed by atoms with Crippen molar-refractivity contribution in [3.63, 3.8) is 0 Å². The Morgan fingerprint density at radius 1 is 0.733 bits per heavy atom. The molecule has 0 rings (SSSR count). The Morgan fingerprint density at radius 3 is 1.50 bits per heavy atom. The Bertz CT molecular complexity index is 457. The molecule has 0 heterocycles. The summed E-state index contributed by atoms with van der Waals surface area (Å²) in [7, 11) is 0. The van der Waals surface area contributed by atoms with Crippen LogP contribution in [0.25, 0.3) is 0 Å². The molecule has 1 radical (unpaired) electrons. The Kier molecular flexibility index (Phi) is 23.5. The molecular formula is C23H41CuNO5. The van der Waals surface area contributed by atoms with Crippen LogP contribution in [0, 0.1) is 0 Å². The molecule has 0 saturated carbocycles.